The van der Waals surface area contributed by atoms with E-state index in [1.165, 1.54) is 16.9 Å². The summed E-state index contributed by atoms with van der Waals surface area (Å²) in [6, 6.07) is -0.773. The highest BCUT2D eigenvalue weighted by Crippen LogP contribution is 2.17. The molecule has 1 saturated heterocycles. The van der Waals surface area contributed by atoms with Gasteiger partial charge < -0.3 is 19.3 Å². The van der Waals surface area contributed by atoms with Crippen molar-refractivity contribution in [3.63, 3.8) is 0 Å². The van der Waals surface area contributed by atoms with Crippen molar-refractivity contribution in [3.8, 4) is 0 Å². The summed E-state index contributed by atoms with van der Waals surface area (Å²) in [4.78, 5) is 39.1. The Balaban J connectivity index is 2.81. The Bertz CT molecular complexity index is 430. The minimum atomic E-state index is -0.773. The first-order valence-corrected chi connectivity index (χ1v) is 7.54. The minimum Gasteiger partial charge on any atom is -0.467 e. The topological polar surface area (TPSA) is 76.2 Å². The number of ether oxygens (including phenoxy) is 2. The molecule has 0 aromatic heterocycles. The van der Waals surface area contributed by atoms with Crippen LogP contribution < -0.4 is 0 Å². The van der Waals surface area contributed by atoms with Gasteiger partial charge in [0.25, 0.3) is 0 Å². The molecule has 7 nitrogen and oxygen atoms in total. The third kappa shape index (κ3) is 4.89. The van der Waals surface area contributed by atoms with Gasteiger partial charge in [-0.05, 0) is 27.2 Å². The summed E-state index contributed by atoms with van der Waals surface area (Å²) in [5.41, 5.74) is -0.604. The fourth-order valence-corrected chi connectivity index (χ4v) is 2.27. The summed E-state index contributed by atoms with van der Waals surface area (Å²) in [5, 5.41) is 0. The Morgan fingerprint density at radius 1 is 1.18 bits per heavy atom. The molecule has 0 aromatic rings. The quantitative estimate of drug-likeness (QED) is 0.736. The summed E-state index contributed by atoms with van der Waals surface area (Å²) in [7, 11) is 1.28. The van der Waals surface area contributed by atoms with Gasteiger partial charge in [0.15, 0.2) is 0 Å². The average molecular weight is 314 g/mol. The van der Waals surface area contributed by atoms with Gasteiger partial charge in [-0.3, -0.25) is 4.79 Å². The average Bonchev–Trinajstić information content (AvgIpc) is 2.44. The fraction of sp³-hybridized carbons (Fsp3) is 0.800. The minimum absolute atomic E-state index is 0.0943. The van der Waals surface area contributed by atoms with Gasteiger partial charge in [-0.2, -0.15) is 0 Å². The lowest BCUT2D eigenvalue weighted by Crippen LogP contribution is -2.60. The van der Waals surface area contributed by atoms with Crippen LogP contribution in [0.25, 0.3) is 0 Å². The number of amides is 2. The second kappa shape index (κ2) is 7.47. The first-order chi connectivity index (χ1) is 10.2. The molecule has 7 heteroatoms. The van der Waals surface area contributed by atoms with Crippen LogP contribution in [0, 0.1) is 0 Å². The Morgan fingerprint density at radius 2 is 1.82 bits per heavy atom. The molecule has 1 fully saturated rings. The molecule has 1 heterocycles. The van der Waals surface area contributed by atoms with Crippen molar-refractivity contribution in [1.82, 2.24) is 9.80 Å². The maximum Gasteiger partial charge on any atom is 0.410 e. The van der Waals surface area contributed by atoms with Crippen molar-refractivity contribution < 1.29 is 23.9 Å². The van der Waals surface area contributed by atoms with E-state index >= 15 is 0 Å². The fourth-order valence-electron chi connectivity index (χ4n) is 2.27. The smallest absolute Gasteiger partial charge is 0.410 e. The van der Waals surface area contributed by atoms with Crippen LogP contribution in [0.15, 0.2) is 0 Å². The number of carbonyl (C=O) groups excluding carboxylic acids is 3. The van der Waals surface area contributed by atoms with Crippen LogP contribution >= 0.6 is 0 Å². The molecule has 0 aromatic carbocycles. The van der Waals surface area contributed by atoms with Gasteiger partial charge >= 0.3 is 12.1 Å². The van der Waals surface area contributed by atoms with Gasteiger partial charge in [-0.15, -0.1) is 0 Å². The van der Waals surface area contributed by atoms with Gasteiger partial charge in [0, 0.05) is 19.5 Å². The monoisotopic (exact) mass is 314 g/mol. The highest BCUT2D eigenvalue weighted by Gasteiger charge is 2.38. The number of esters is 1. The van der Waals surface area contributed by atoms with Gasteiger partial charge in [0.2, 0.25) is 5.91 Å². The Kier molecular flexibility index (Phi) is 6.20. The number of carbonyl (C=O) groups is 3. The molecule has 0 saturated carbocycles. The highest BCUT2D eigenvalue weighted by molar-refractivity contribution is 5.85. The first kappa shape index (κ1) is 18.3. The molecular weight excluding hydrogens is 288 g/mol. The number of methoxy groups -OCH3 is 1. The number of rotatable bonds is 3. The number of hydrogen-bond acceptors (Lipinski definition) is 5. The van der Waals surface area contributed by atoms with E-state index in [0.717, 1.165) is 0 Å². The molecule has 1 aliphatic heterocycles. The Labute approximate surface area is 131 Å². The zero-order valence-corrected chi connectivity index (χ0v) is 14.0. The van der Waals surface area contributed by atoms with Crippen LogP contribution in [0.4, 0.5) is 4.79 Å². The van der Waals surface area contributed by atoms with E-state index in [0.29, 0.717) is 25.9 Å². The van der Waals surface area contributed by atoms with Crippen molar-refractivity contribution in [2.75, 3.05) is 26.7 Å². The molecular formula is C15H26N2O5. The van der Waals surface area contributed by atoms with Crippen LogP contribution in [0.1, 0.15) is 40.5 Å². The van der Waals surface area contributed by atoms with Crippen LogP contribution in [0.3, 0.4) is 0 Å². The third-order valence-corrected chi connectivity index (χ3v) is 3.29. The number of nitrogens with zero attached hydrogens (tertiary/aromatic N) is 2. The third-order valence-electron chi connectivity index (χ3n) is 3.29. The van der Waals surface area contributed by atoms with E-state index in [4.69, 9.17) is 9.47 Å². The molecule has 0 spiro atoms. The Morgan fingerprint density at radius 3 is 2.32 bits per heavy atom. The predicted molar refractivity (Wildman–Crippen MR) is 80.2 cm³/mol. The van der Waals surface area contributed by atoms with Crippen molar-refractivity contribution in [1.29, 1.82) is 0 Å². The maximum atomic E-state index is 12.1. The summed E-state index contributed by atoms with van der Waals surface area (Å²) < 4.78 is 10.1. The van der Waals surface area contributed by atoms with Crippen LogP contribution in [-0.2, 0) is 19.1 Å². The van der Waals surface area contributed by atoms with Gasteiger partial charge in [-0.1, -0.05) is 6.92 Å². The standard InChI is InChI=1S/C15H26N2O5/c1-6-7-12(18)17-9-8-16(10-11(17)13(19)21-5)14(20)22-15(2,3)4/h11H,6-10H2,1-5H3/t11-/m0/s1. The van der Waals surface area contributed by atoms with Gasteiger partial charge in [0.1, 0.15) is 11.6 Å². The lowest BCUT2D eigenvalue weighted by Gasteiger charge is -2.40. The maximum absolute atomic E-state index is 12.1. The molecule has 0 bridgehead atoms. The summed E-state index contributed by atoms with van der Waals surface area (Å²) >= 11 is 0. The van der Waals surface area contributed by atoms with Crippen LogP contribution in [-0.4, -0.2) is 66.2 Å². The first-order valence-electron chi connectivity index (χ1n) is 7.54. The lowest BCUT2D eigenvalue weighted by atomic mass is 10.1. The molecule has 0 aliphatic carbocycles. The normalized spacial score (nSPS) is 18.9. The zero-order valence-electron chi connectivity index (χ0n) is 14.0. The zero-order chi connectivity index (χ0) is 16.9. The van der Waals surface area contributed by atoms with Crippen molar-refractivity contribution >= 4 is 18.0 Å². The largest absolute Gasteiger partial charge is 0.467 e. The van der Waals surface area contributed by atoms with Gasteiger partial charge in [-0.25, -0.2) is 9.59 Å². The van der Waals surface area contributed by atoms with E-state index in [9.17, 15) is 14.4 Å². The predicted octanol–water partition coefficient (Wildman–Crippen LogP) is 1.41. The van der Waals surface area contributed by atoms with Crippen LogP contribution in [0.5, 0.6) is 0 Å². The second-order valence-corrected chi connectivity index (χ2v) is 6.30. The van der Waals surface area contributed by atoms with E-state index in [1.807, 2.05) is 6.92 Å². The van der Waals surface area contributed by atoms with E-state index in [1.54, 1.807) is 20.8 Å². The summed E-state index contributed by atoms with van der Waals surface area (Å²) in [6.07, 6.45) is 0.600. The number of hydrogen-bond donors (Lipinski definition) is 0. The molecule has 0 radical (unpaired) electrons. The second-order valence-electron chi connectivity index (χ2n) is 6.30. The van der Waals surface area contributed by atoms with E-state index < -0.39 is 23.7 Å². The highest BCUT2D eigenvalue weighted by atomic mass is 16.6. The van der Waals surface area contributed by atoms with Gasteiger partial charge in [0.05, 0.1) is 13.7 Å². The van der Waals surface area contributed by atoms with E-state index in [2.05, 4.69) is 0 Å². The van der Waals surface area contributed by atoms with Crippen LogP contribution in [0.2, 0.25) is 0 Å². The molecule has 0 N–H and O–H groups in total. The Hall–Kier alpha value is -1.79. The summed E-state index contributed by atoms with van der Waals surface area (Å²) in [5.74, 6) is -0.612. The van der Waals surface area contributed by atoms with E-state index in [-0.39, 0.29) is 12.5 Å². The molecule has 22 heavy (non-hydrogen) atoms. The molecule has 2 amide bonds. The molecule has 1 atom stereocenters. The van der Waals surface area contributed by atoms with Crippen molar-refractivity contribution in [2.24, 2.45) is 0 Å². The summed E-state index contributed by atoms with van der Waals surface area (Å²) in [6.45, 7) is 7.99. The SMILES string of the molecule is CCCC(=O)N1CCN(C(=O)OC(C)(C)C)C[C@H]1C(=O)OC. The number of piperazine rings is 1. The molecule has 1 aliphatic rings. The molecule has 1 rings (SSSR count). The molecule has 126 valence electrons. The lowest BCUT2D eigenvalue weighted by molar-refractivity contribution is -0.156. The molecule has 0 unspecified atom stereocenters. The van der Waals surface area contributed by atoms with Crippen molar-refractivity contribution in [3.05, 3.63) is 0 Å². The van der Waals surface area contributed by atoms with Crippen molar-refractivity contribution in [2.45, 2.75) is 52.2 Å².